The SMILES string of the molecule is CN(C(=O)Cn1cnc2cnc(-c3ccccc3)nc21)c1ccccc1. The van der Waals surface area contributed by atoms with Crippen molar-refractivity contribution in [1.29, 1.82) is 0 Å². The summed E-state index contributed by atoms with van der Waals surface area (Å²) in [5.74, 6) is 0.569. The van der Waals surface area contributed by atoms with E-state index in [0.717, 1.165) is 11.3 Å². The van der Waals surface area contributed by atoms with Gasteiger partial charge in [0.15, 0.2) is 11.5 Å². The van der Waals surface area contributed by atoms with Gasteiger partial charge < -0.3 is 9.47 Å². The van der Waals surface area contributed by atoms with Crippen LogP contribution in [0.1, 0.15) is 0 Å². The molecule has 0 aliphatic carbocycles. The number of benzene rings is 2. The fourth-order valence-corrected chi connectivity index (χ4v) is 2.74. The Hall–Kier alpha value is -3.54. The number of likely N-dealkylation sites (N-methyl/N-ethyl adjacent to an activating group) is 1. The van der Waals surface area contributed by atoms with Crippen molar-refractivity contribution < 1.29 is 4.79 Å². The van der Waals surface area contributed by atoms with E-state index in [1.807, 2.05) is 60.7 Å². The highest BCUT2D eigenvalue weighted by molar-refractivity contribution is 5.93. The number of aromatic nitrogens is 4. The van der Waals surface area contributed by atoms with Gasteiger partial charge in [-0.1, -0.05) is 48.5 Å². The van der Waals surface area contributed by atoms with E-state index in [9.17, 15) is 4.79 Å². The molecule has 0 atom stereocenters. The van der Waals surface area contributed by atoms with Crippen LogP contribution in [-0.2, 0) is 11.3 Å². The molecule has 0 saturated carbocycles. The minimum Gasteiger partial charge on any atom is -0.314 e. The maximum Gasteiger partial charge on any atom is 0.246 e. The zero-order valence-corrected chi connectivity index (χ0v) is 14.3. The van der Waals surface area contributed by atoms with Gasteiger partial charge in [-0.15, -0.1) is 0 Å². The summed E-state index contributed by atoms with van der Waals surface area (Å²) in [7, 11) is 1.77. The van der Waals surface area contributed by atoms with E-state index in [1.165, 1.54) is 0 Å². The lowest BCUT2D eigenvalue weighted by molar-refractivity contribution is -0.118. The summed E-state index contributed by atoms with van der Waals surface area (Å²) >= 11 is 0. The molecule has 6 nitrogen and oxygen atoms in total. The molecule has 2 aromatic heterocycles. The van der Waals surface area contributed by atoms with Gasteiger partial charge in [-0.25, -0.2) is 15.0 Å². The molecule has 0 saturated heterocycles. The summed E-state index contributed by atoms with van der Waals surface area (Å²) in [4.78, 5) is 27.6. The third-order valence-corrected chi connectivity index (χ3v) is 4.21. The molecule has 0 radical (unpaired) electrons. The molecule has 6 heteroatoms. The number of rotatable bonds is 4. The Balaban J connectivity index is 1.63. The average Bonchev–Trinajstić information content (AvgIpc) is 3.10. The van der Waals surface area contributed by atoms with Crippen LogP contribution in [0.2, 0.25) is 0 Å². The zero-order chi connectivity index (χ0) is 17.9. The van der Waals surface area contributed by atoms with Crippen LogP contribution in [-0.4, -0.2) is 32.5 Å². The largest absolute Gasteiger partial charge is 0.314 e. The quantitative estimate of drug-likeness (QED) is 0.571. The first kappa shape index (κ1) is 16.0. The number of hydrogen-bond acceptors (Lipinski definition) is 4. The van der Waals surface area contributed by atoms with E-state index in [-0.39, 0.29) is 12.5 Å². The normalized spacial score (nSPS) is 10.8. The summed E-state index contributed by atoms with van der Waals surface area (Å²) < 4.78 is 1.76. The Kier molecular flexibility index (Phi) is 4.15. The fraction of sp³-hybridized carbons (Fsp3) is 0.100. The van der Waals surface area contributed by atoms with Crippen LogP contribution in [0.3, 0.4) is 0 Å². The monoisotopic (exact) mass is 343 g/mol. The molecule has 1 amide bonds. The van der Waals surface area contributed by atoms with Crippen molar-refractivity contribution in [3.8, 4) is 11.4 Å². The van der Waals surface area contributed by atoms with Crippen LogP contribution in [0.15, 0.2) is 73.2 Å². The number of carbonyl (C=O) groups is 1. The standard InChI is InChI=1S/C20H17N5O/c1-24(16-10-6-3-7-11-16)18(26)13-25-14-22-17-12-21-19(23-20(17)25)15-8-4-2-5-9-15/h2-12,14H,13H2,1H3. The molecule has 26 heavy (non-hydrogen) atoms. The van der Waals surface area contributed by atoms with Gasteiger partial charge in [0.25, 0.3) is 0 Å². The van der Waals surface area contributed by atoms with Crippen molar-refractivity contribution in [2.24, 2.45) is 0 Å². The van der Waals surface area contributed by atoms with Crippen molar-refractivity contribution in [1.82, 2.24) is 19.5 Å². The number of nitrogens with zero attached hydrogens (tertiary/aromatic N) is 5. The number of hydrogen-bond donors (Lipinski definition) is 0. The minimum atomic E-state index is -0.0460. The molecular weight excluding hydrogens is 326 g/mol. The van der Waals surface area contributed by atoms with Crippen LogP contribution in [0, 0.1) is 0 Å². The van der Waals surface area contributed by atoms with Crippen molar-refractivity contribution in [2.75, 3.05) is 11.9 Å². The van der Waals surface area contributed by atoms with Crippen LogP contribution in [0.5, 0.6) is 0 Å². The number of carbonyl (C=O) groups excluding carboxylic acids is 1. The summed E-state index contributed by atoms with van der Waals surface area (Å²) in [5.41, 5.74) is 3.09. The van der Waals surface area contributed by atoms with Gasteiger partial charge in [-0.05, 0) is 12.1 Å². The lowest BCUT2D eigenvalue weighted by Crippen LogP contribution is -2.29. The molecule has 2 aromatic carbocycles. The number of amides is 1. The van der Waals surface area contributed by atoms with E-state index in [4.69, 9.17) is 0 Å². The van der Waals surface area contributed by atoms with Crippen molar-refractivity contribution in [3.63, 3.8) is 0 Å². The zero-order valence-electron chi connectivity index (χ0n) is 14.3. The van der Waals surface area contributed by atoms with E-state index >= 15 is 0 Å². The van der Waals surface area contributed by atoms with Crippen LogP contribution in [0.25, 0.3) is 22.6 Å². The van der Waals surface area contributed by atoms with E-state index < -0.39 is 0 Å². The van der Waals surface area contributed by atoms with E-state index in [2.05, 4.69) is 15.0 Å². The summed E-state index contributed by atoms with van der Waals surface area (Å²) in [6.07, 6.45) is 3.32. The van der Waals surface area contributed by atoms with E-state index in [0.29, 0.717) is 17.0 Å². The van der Waals surface area contributed by atoms with Gasteiger partial charge in [0, 0.05) is 18.3 Å². The molecule has 0 aliphatic heterocycles. The Morgan fingerprint density at radius 3 is 2.42 bits per heavy atom. The number of anilines is 1. The second kappa shape index (κ2) is 6.76. The van der Waals surface area contributed by atoms with Gasteiger partial charge in [0.05, 0.1) is 12.5 Å². The lowest BCUT2D eigenvalue weighted by atomic mass is 10.2. The molecule has 2 heterocycles. The second-order valence-electron chi connectivity index (χ2n) is 5.93. The lowest BCUT2D eigenvalue weighted by Gasteiger charge is -2.17. The molecule has 4 aromatic rings. The molecule has 0 aliphatic rings. The molecule has 4 rings (SSSR count). The molecular formula is C20H17N5O. The van der Waals surface area contributed by atoms with Crippen molar-refractivity contribution >= 4 is 22.8 Å². The van der Waals surface area contributed by atoms with Gasteiger partial charge in [0.1, 0.15) is 12.1 Å². The summed E-state index contributed by atoms with van der Waals surface area (Å²) in [5, 5.41) is 0. The number of imidazole rings is 1. The summed E-state index contributed by atoms with van der Waals surface area (Å²) in [6, 6.07) is 19.3. The third-order valence-electron chi connectivity index (χ3n) is 4.21. The van der Waals surface area contributed by atoms with Crippen LogP contribution < -0.4 is 4.90 Å². The van der Waals surface area contributed by atoms with Gasteiger partial charge >= 0.3 is 0 Å². The number of fused-ring (bicyclic) bond motifs is 1. The Bertz CT molecular complexity index is 1040. The second-order valence-corrected chi connectivity index (χ2v) is 5.93. The molecule has 0 bridgehead atoms. The van der Waals surface area contributed by atoms with Gasteiger partial charge in [-0.2, -0.15) is 0 Å². The summed E-state index contributed by atoms with van der Waals surface area (Å²) in [6.45, 7) is 0.160. The maximum absolute atomic E-state index is 12.6. The van der Waals surface area contributed by atoms with Gasteiger partial charge in [0.2, 0.25) is 5.91 Å². The number of para-hydroxylation sites is 1. The Morgan fingerprint density at radius 1 is 1.00 bits per heavy atom. The van der Waals surface area contributed by atoms with Crippen molar-refractivity contribution in [3.05, 3.63) is 73.2 Å². The highest BCUT2D eigenvalue weighted by Gasteiger charge is 2.14. The molecule has 0 N–H and O–H groups in total. The first-order valence-corrected chi connectivity index (χ1v) is 8.27. The first-order chi connectivity index (χ1) is 12.7. The first-order valence-electron chi connectivity index (χ1n) is 8.27. The smallest absolute Gasteiger partial charge is 0.246 e. The maximum atomic E-state index is 12.6. The average molecular weight is 343 g/mol. The molecule has 0 spiro atoms. The van der Waals surface area contributed by atoms with Gasteiger partial charge in [-0.3, -0.25) is 4.79 Å². The molecule has 128 valence electrons. The fourth-order valence-electron chi connectivity index (χ4n) is 2.74. The molecule has 0 fully saturated rings. The Labute approximate surface area is 150 Å². The Morgan fingerprint density at radius 2 is 1.69 bits per heavy atom. The van der Waals surface area contributed by atoms with E-state index in [1.54, 1.807) is 29.0 Å². The van der Waals surface area contributed by atoms with Crippen LogP contribution >= 0.6 is 0 Å². The predicted octanol–water partition coefficient (Wildman–Crippen LogP) is 3.16. The topological polar surface area (TPSA) is 63.9 Å². The predicted molar refractivity (Wildman–Crippen MR) is 101 cm³/mol. The van der Waals surface area contributed by atoms with Crippen molar-refractivity contribution in [2.45, 2.75) is 6.54 Å². The third kappa shape index (κ3) is 3.04. The minimum absolute atomic E-state index is 0.0460. The highest BCUT2D eigenvalue weighted by atomic mass is 16.2. The van der Waals surface area contributed by atoms with Crippen LogP contribution in [0.4, 0.5) is 5.69 Å². The molecule has 0 unspecified atom stereocenters. The highest BCUT2D eigenvalue weighted by Crippen LogP contribution is 2.18.